The van der Waals surface area contributed by atoms with Crippen molar-refractivity contribution in [2.24, 2.45) is 0 Å². The molecule has 0 saturated carbocycles. The Morgan fingerprint density at radius 2 is 1.81 bits per heavy atom. The molecule has 0 aromatic heterocycles. The number of anilines is 3. The molecular weight excluding hydrogens is 396 g/mol. The van der Waals surface area contributed by atoms with Crippen LogP contribution in [0.4, 0.5) is 17.1 Å². The number of nitrogens with one attached hydrogen (secondary N) is 3. The zero-order valence-electron chi connectivity index (χ0n) is 17.5. The molecule has 160 valence electrons. The number of benzene rings is 2. The first-order valence-corrected chi connectivity index (χ1v) is 10.2. The molecule has 1 atom stereocenters. The van der Waals surface area contributed by atoms with Crippen molar-refractivity contribution in [3.8, 4) is 0 Å². The van der Waals surface area contributed by atoms with Gasteiger partial charge in [-0.2, -0.15) is 0 Å². The van der Waals surface area contributed by atoms with Crippen molar-refractivity contribution in [2.45, 2.75) is 31.6 Å². The van der Waals surface area contributed by atoms with Crippen LogP contribution >= 0.6 is 0 Å². The molecule has 8 heteroatoms. The van der Waals surface area contributed by atoms with Crippen LogP contribution in [0.5, 0.6) is 0 Å². The number of carbonyl (C=O) groups is 4. The Hall–Kier alpha value is -3.68. The maximum atomic E-state index is 12.7. The largest absolute Gasteiger partial charge is 0.364 e. The molecule has 3 N–H and O–H groups in total. The molecule has 0 bridgehead atoms. The highest BCUT2D eigenvalue weighted by Crippen LogP contribution is 2.36. The molecular formula is C23H24N4O4. The summed E-state index contributed by atoms with van der Waals surface area (Å²) in [4.78, 5) is 50.4. The van der Waals surface area contributed by atoms with E-state index in [1.165, 1.54) is 0 Å². The van der Waals surface area contributed by atoms with Crippen molar-refractivity contribution in [1.82, 2.24) is 5.32 Å². The number of nitrogens with zero attached hydrogens (tertiary/aromatic N) is 1. The lowest BCUT2D eigenvalue weighted by atomic mass is 9.72. The fourth-order valence-corrected chi connectivity index (χ4v) is 4.24. The average molecular weight is 420 g/mol. The summed E-state index contributed by atoms with van der Waals surface area (Å²) in [6.45, 7) is 2.20. The fourth-order valence-electron chi connectivity index (χ4n) is 4.24. The maximum Gasteiger partial charge on any atom is 0.255 e. The lowest BCUT2D eigenvalue weighted by Gasteiger charge is -2.35. The Balaban J connectivity index is 1.51. The highest BCUT2D eigenvalue weighted by molar-refractivity contribution is 6.08. The molecule has 2 aromatic carbocycles. The molecule has 0 spiro atoms. The van der Waals surface area contributed by atoms with E-state index in [9.17, 15) is 19.2 Å². The molecule has 2 aliphatic rings. The van der Waals surface area contributed by atoms with E-state index in [2.05, 4.69) is 16.0 Å². The van der Waals surface area contributed by atoms with Gasteiger partial charge < -0.3 is 15.5 Å². The first-order valence-electron chi connectivity index (χ1n) is 10.2. The first-order chi connectivity index (χ1) is 14.8. The van der Waals surface area contributed by atoms with E-state index in [4.69, 9.17) is 0 Å². The minimum Gasteiger partial charge on any atom is -0.364 e. The van der Waals surface area contributed by atoms with Gasteiger partial charge in [-0.25, -0.2) is 0 Å². The van der Waals surface area contributed by atoms with Crippen molar-refractivity contribution in [3.63, 3.8) is 0 Å². The van der Waals surface area contributed by atoms with E-state index in [0.717, 1.165) is 11.3 Å². The van der Waals surface area contributed by atoms with Gasteiger partial charge in [0.25, 0.3) is 5.91 Å². The Labute approximate surface area is 180 Å². The Kier molecular flexibility index (Phi) is 5.22. The van der Waals surface area contributed by atoms with Crippen LogP contribution in [0.25, 0.3) is 0 Å². The zero-order chi connectivity index (χ0) is 22.2. The van der Waals surface area contributed by atoms with E-state index in [1.54, 1.807) is 30.3 Å². The number of hydrogen-bond acceptors (Lipinski definition) is 5. The van der Waals surface area contributed by atoms with Crippen LogP contribution in [0.1, 0.15) is 42.1 Å². The lowest BCUT2D eigenvalue weighted by Crippen LogP contribution is -2.51. The van der Waals surface area contributed by atoms with Gasteiger partial charge in [0.2, 0.25) is 17.7 Å². The molecule has 4 amide bonds. The molecule has 2 aliphatic heterocycles. The summed E-state index contributed by atoms with van der Waals surface area (Å²) in [7, 11) is 1.82. The molecule has 2 aromatic rings. The van der Waals surface area contributed by atoms with Gasteiger partial charge in [-0.15, -0.1) is 0 Å². The number of piperidine rings is 1. The van der Waals surface area contributed by atoms with Crippen molar-refractivity contribution < 1.29 is 19.2 Å². The fraction of sp³-hybridized carbons (Fsp3) is 0.304. The van der Waals surface area contributed by atoms with Gasteiger partial charge in [-0.1, -0.05) is 19.1 Å². The van der Waals surface area contributed by atoms with Crippen LogP contribution in [0.15, 0.2) is 42.5 Å². The lowest BCUT2D eigenvalue weighted by molar-refractivity contribution is -0.138. The van der Waals surface area contributed by atoms with Gasteiger partial charge in [-0.3, -0.25) is 24.5 Å². The topological polar surface area (TPSA) is 108 Å². The third kappa shape index (κ3) is 3.76. The van der Waals surface area contributed by atoms with Crippen LogP contribution < -0.4 is 20.9 Å². The second-order valence-corrected chi connectivity index (χ2v) is 7.98. The smallest absolute Gasteiger partial charge is 0.255 e. The van der Waals surface area contributed by atoms with E-state index < -0.39 is 5.41 Å². The Morgan fingerprint density at radius 3 is 2.48 bits per heavy atom. The summed E-state index contributed by atoms with van der Waals surface area (Å²) in [5, 5.41) is 8.07. The summed E-state index contributed by atoms with van der Waals surface area (Å²) in [5.41, 5.74) is 2.55. The number of carbonyl (C=O) groups excluding carboxylic acids is 4. The summed E-state index contributed by atoms with van der Waals surface area (Å²) in [5.74, 6) is -0.944. The first kappa shape index (κ1) is 20.6. The van der Waals surface area contributed by atoms with Crippen LogP contribution in [-0.2, 0) is 19.8 Å². The molecule has 2 heterocycles. The van der Waals surface area contributed by atoms with Crippen LogP contribution in [-0.4, -0.2) is 37.2 Å². The van der Waals surface area contributed by atoms with Crippen LogP contribution in [0, 0.1) is 0 Å². The van der Waals surface area contributed by atoms with Crippen molar-refractivity contribution >= 4 is 40.7 Å². The van der Waals surface area contributed by atoms with Crippen LogP contribution in [0.2, 0.25) is 0 Å². The van der Waals surface area contributed by atoms with Gasteiger partial charge in [0.15, 0.2) is 0 Å². The predicted octanol–water partition coefficient (Wildman–Crippen LogP) is 2.41. The third-order valence-electron chi connectivity index (χ3n) is 6.09. The van der Waals surface area contributed by atoms with E-state index >= 15 is 0 Å². The molecule has 0 radical (unpaired) electrons. The number of fused-ring (bicyclic) bond motifs is 1. The summed E-state index contributed by atoms with van der Waals surface area (Å²) < 4.78 is 0. The highest BCUT2D eigenvalue weighted by Gasteiger charge is 2.42. The third-order valence-corrected chi connectivity index (χ3v) is 6.09. The molecule has 31 heavy (non-hydrogen) atoms. The number of likely N-dealkylation sites (N-methyl/N-ethyl adjacent to an activating group) is 1. The zero-order valence-corrected chi connectivity index (χ0v) is 17.5. The number of amides is 4. The number of rotatable bonds is 4. The normalized spacial score (nSPS) is 20.6. The maximum absolute atomic E-state index is 12.7. The standard InChI is InChI=1S/C23H24N4O4/c1-3-23(11-10-19(28)26-22(23)31)15-5-7-16(8-6-15)24-21(30)14-4-9-18-17(12-14)25-20(29)13-27(18)2/h4-9,12H,3,10-11,13H2,1-2H3,(H,24,30)(H,25,29)(H,26,28,31). The van der Waals surface area contributed by atoms with Crippen LogP contribution in [0.3, 0.4) is 0 Å². The summed E-state index contributed by atoms with van der Waals surface area (Å²) in [6.07, 6.45) is 1.35. The quantitative estimate of drug-likeness (QED) is 0.659. The molecule has 1 saturated heterocycles. The average Bonchev–Trinajstić information content (AvgIpc) is 2.74. The second-order valence-electron chi connectivity index (χ2n) is 7.98. The van der Waals surface area contributed by atoms with Crippen molar-refractivity contribution in [3.05, 3.63) is 53.6 Å². The van der Waals surface area contributed by atoms with Gasteiger partial charge in [-0.05, 0) is 48.7 Å². The molecule has 1 fully saturated rings. The van der Waals surface area contributed by atoms with E-state index in [0.29, 0.717) is 36.2 Å². The minimum absolute atomic E-state index is 0.124. The summed E-state index contributed by atoms with van der Waals surface area (Å²) in [6, 6.07) is 12.3. The van der Waals surface area contributed by atoms with E-state index in [1.807, 2.05) is 31.0 Å². The predicted molar refractivity (Wildman–Crippen MR) is 117 cm³/mol. The van der Waals surface area contributed by atoms with Gasteiger partial charge in [0, 0.05) is 24.7 Å². The van der Waals surface area contributed by atoms with Gasteiger partial charge in [0.05, 0.1) is 23.3 Å². The van der Waals surface area contributed by atoms with Gasteiger partial charge in [0.1, 0.15) is 0 Å². The highest BCUT2D eigenvalue weighted by atomic mass is 16.2. The number of hydrogen-bond donors (Lipinski definition) is 3. The molecule has 0 aliphatic carbocycles. The summed E-state index contributed by atoms with van der Waals surface area (Å²) >= 11 is 0. The number of imide groups is 1. The molecule has 8 nitrogen and oxygen atoms in total. The SMILES string of the molecule is CCC1(c2ccc(NC(=O)c3ccc4c(c3)NC(=O)CN4C)cc2)CCC(=O)NC1=O. The second kappa shape index (κ2) is 7.86. The Morgan fingerprint density at radius 1 is 1.06 bits per heavy atom. The monoisotopic (exact) mass is 420 g/mol. The van der Waals surface area contributed by atoms with Crippen molar-refractivity contribution in [2.75, 3.05) is 29.1 Å². The molecule has 1 unspecified atom stereocenters. The molecule has 4 rings (SSSR count). The van der Waals surface area contributed by atoms with Gasteiger partial charge >= 0.3 is 0 Å². The minimum atomic E-state index is -0.737. The Bertz CT molecular complexity index is 1080. The van der Waals surface area contributed by atoms with Crippen molar-refractivity contribution in [1.29, 1.82) is 0 Å². The van der Waals surface area contributed by atoms with E-state index in [-0.39, 0.29) is 30.2 Å².